The number of fused-ring (bicyclic) bond motifs is 1. The third-order valence-corrected chi connectivity index (χ3v) is 1.98. The summed E-state index contributed by atoms with van der Waals surface area (Å²) in [4.78, 5) is 17.5. The first kappa shape index (κ1) is 9.51. The van der Waals surface area contributed by atoms with Gasteiger partial charge in [-0.25, -0.2) is 4.98 Å². The second-order valence-electron chi connectivity index (χ2n) is 3.03. The molecular formula is C10H10N3O2. The molecule has 1 aromatic heterocycles. The van der Waals surface area contributed by atoms with E-state index in [1.54, 1.807) is 18.2 Å². The molecule has 5 heteroatoms. The number of nitrogens with one attached hydrogen (secondary N) is 2. The van der Waals surface area contributed by atoms with Gasteiger partial charge in [0.15, 0.2) is 5.82 Å². The summed E-state index contributed by atoms with van der Waals surface area (Å²) in [5, 5.41) is 0. The van der Waals surface area contributed by atoms with Gasteiger partial charge in [-0.05, 0) is 19.1 Å². The second kappa shape index (κ2) is 3.61. The van der Waals surface area contributed by atoms with Gasteiger partial charge in [0.1, 0.15) is 5.75 Å². The maximum absolute atomic E-state index is 10.8. The predicted molar refractivity (Wildman–Crippen MR) is 54.7 cm³/mol. The van der Waals surface area contributed by atoms with Gasteiger partial charge in [-0.2, -0.15) is 0 Å². The molecule has 0 fully saturated rings. The summed E-state index contributed by atoms with van der Waals surface area (Å²) < 4.78 is 5.30. The van der Waals surface area contributed by atoms with Crippen LogP contribution in [0.2, 0.25) is 0 Å². The first-order chi connectivity index (χ1) is 7.20. The van der Waals surface area contributed by atoms with Gasteiger partial charge >= 0.3 is 5.91 Å². The zero-order valence-electron chi connectivity index (χ0n) is 8.20. The number of aromatic nitrogens is 2. The first-order valence-corrected chi connectivity index (χ1v) is 4.59. The summed E-state index contributed by atoms with van der Waals surface area (Å²) in [6, 6.07) is 5.31. The van der Waals surface area contributed by atoms with Crippen LogP contribution in [0.25, 0.3) is 11.0 Å². The van der Waals surface area contributed by atoms with Gasteiger partial charge in [0.05, 0.1) is 17.6 Å². The molecule has 77 valence electrons. The molecule has 1 heterocycles. The number of carbonyl (C=O) groups is 1. The van der Waals surface area contributed by atoms with Gasteiger partial charge in [0.25, 0.3) is 0 Å². The van der Waals surface area contributed by atoms with E-state index >= 15 is 0 Å². The lowest BCUT2D eigenvalue weighted by atomic mass is 10.3. The van der Waals surface area contributed by atoms with E-state index in [1.165, 1.54) is 0 Å². The summed E-state index contributed by atoms with van der Waals surface area (Å²) in [6.07, 6.45) is 0. The molecule has 5 nitrogen and oxygen atoms in total. The van der Waals surface area contributed by atoms with Crippen molar-refractivity contribution in [1.29, 1.82) is 0 Å². The van der Waals surface area contributed by atoms with E-state index in [-0.39, 0.29) is 5.82 Å². The lowest BCUT2D eigenvalue weighted by Crippen LogP contribution is -2.00. The Morgan fingerprint density at radius 1 is 1.60 bits per heavy atom. The summed E-state index contributed by atoms with van der Waals surface area (Å²) in [5.74, 6) is -0.0525. The SMILES string of the molecule is CCOc1ccc2[nH]c(C([NH])=O)nc2c1. The fourth-order valence-electron chi connectivity index (χ4n) is 1.35. The third kappa shape index (κ3) is 1.76. The lowest BCUT2D eigenvalue weighted by Gasteiger charge is -2.00. The van der Waals surface area contributed by atoms with Gasteiger partial charge in [-0.15, -0.1) is 0 Å². The Morgan fingerprint density at radius 3 is 3.07 bits per heavy atom. The normalized spacial score (nSPS) is 10.5. The first-order valence-electron chi connectivity index (χ1n) is 4.59. The van der Waals surface area contributed by atoms with Crippen molar-refractivity contribution >= 4 is 16.9 Å². The number of rotatable bonds is 3. The largest absolute Gasteiger partial charge is 0.494 e. The molecule has 0 bridgehead atoms. The summed E-state index contributed by atoms with van der Waals surface area (Å²) >= 11 is 0. The highest BCUT2D eigenvalue weighted by molar-refractivity contribution is 5.92. The quantitative estimate of drug-likeness (QED) is 0.820. The Balaban J connectivity index is 2.47. The van der Waals surface area contributed by atoms with Crippen LogP contribution >= 0.6 is 0 Å². The van der Waals surface area contributed by atoms with Crippen molar-refractivity contribution in [3.05, 3.63) is 24.0 Å². The highest BCUT2D eigenvalue weighted by Gasteiger charge is 2.08. The number of ether oxygens (including phenoxy) is 1. The molecule has 0 aliphatic heterocycles. The summed E-state index contributed by atoms with van der Waals surface area (Å²) in [5.41, 5.74) is 8.29. The molecule has 0 aliphatic rings. The zero-order valence-corrected chi connectivity index (χ0v) is 8.20. The van der Waals surface area contributed by atoms with Crippen LogP contribution in [0, 0.1) is 0 Å². The van der Waals surface area contributed by atoms with Gasteiger partial charge in [0.2, 0.25) is 0 Å². The number of aromatic amines is 1. The molecule has 15 heavy (non-hydrogen) atoms. The molecule has 1 amide bonds. The standard InChI is InChI=1S/C10H10N3O2/c1-2-15-6-3-4-7-8(5-6)13-10(12-7)9(11)14/h3-5,11H,2H2,1H3,(H,12,13). The Labute approximate surface area is 86.3 Å². The fourth-order valence-corrected chi connectivity index (χ4v) is 1.35. The number of H-pyrrole nitrogens is 1. The summed E-state index contributed by atoms with van der Waals surface area (Å²) in [6.45, 7) is 2.48. The number of hydrogen-bond donors (Lipinski definition) is 1. The predicted octanol–water partition coefficient (Wildman–Crippen LogP) is 1.38. The molecule has 0 atom stereocenters. The van der Waals surface area contributed by atoms with Crippen LogP contribution in [0.4, 0.5) is 0 Å². The smallest absolute Gasteiger partial charge is 0.305 e. The average Bonchev–Trinajstić information content (AvgIpc) is 2.61. The van der Waals surface area contributed by atoms with E-state index < -0.39 is 5.91 Å². The number of imidazole rings is 1. The van der Waals surface area contributed by atoms with Crippen LogP contribution in [-0.2, 0) is 0 Å². The molecule has 2 rings (SSSR count). The van der Waals surface area contributed by atoms with Crippen LogP contribution in [0.3, 0.4) is 0 Å². The molecule has 1 aromatic carbocycles. The molecule has 0 saturated heterocycles. The van der Waals surface area contributed by atoms with Crippen molar-refractivity contribution in [2.24, 2.45) is 0 Å². The van der Waals surface area contributed by atoms with Crippen LogP contribution in [0.5, 0.6) is 5.75 Å². The minimum Gasteiger partial charge on any atom is -0.494 e. The van der Waals surface area contributed by atoms with Crippen molar-refractivity contribution in [3.63, 3.8) is 0 Å². The molecule has 2 aromatic rings. The van der Waals surface area contributed by atoms with E-state index in [9.17, 15) is 4.79 Å². The Morgan fingerprint density at radius 2 is 2.40 bits per heavy atom. The monoisotopic (exact) mass is 204 g/mol. The Kier molecular flexibility index (Phi) is 2.29. The molecular weight excluding hydrogens is 194 g/mol. The van der Waals surface area contributed by atoms with E-state index in [1.807, 2.05) is 6.92 Å². The highest BCUT2D eigenvalue weighted by atomic mass is 16.5. The third-order valence-electron chi connectivity index (χ3n) is 1.98. The van der Waals surface area contributed by atoms with Gasteiger partial charge in [-0.1, -0.05) is 0 Å². The van der Waals surface area contributed by atoms with Gasteiger partial charge < -0.3 is 9.72 Å². The van der Waals surface area contributed by atoms with Crippen LogP contribution < -0.4 is 10.5 Å². The van der Waals surface area contributed by atoms with Gasteiger partial charge in [-0.3, -0.25) is 10.5 Å². The molecule has 0 unspecified atom stereocenters. The minimum absolute atomic E-state index is 0.0543. The van der Waals surface area contributed by atoms with Crippen molar-refractivity contribution in [3.8, 4) is 5.75 Å². The van der Waals surface area contributed by atoms with Crippen LogP contribution in [-0.4, -0.2) is 22.5 Å². The van der Waals surface area contributed by atoms with Crippen LogP contribution in [0.1, 0.15) is 17.5 Å². The number of nitrogens with zero attached hydrogens (tertiary/aromatic N) is 1. The Hall–Kier alpha value is -2.04. The molecule has 2 N–H and O–H groups in total. The van der Waals surface area contributed by atoms with Crippen molar-refractivity contribution in [1.82, 2.24) is 15.7 Å². The number of carbonyl (C=O) groups excluding carboxylic acids is 1. The van der Waals surface area contributed by atoms with Crippen LogP contribution in [0.15, 0.2) is 18.2 Å². The minimum atomic E-state index is -0.816. The number of hydrogen-bond acceptors (Lipinski definition) is 3. The van der Waals surface area contributed by atoms with Crippen molar-refractivity contribution < 1.29 is 9.53 Å². The molecule has 1 radical (unpaired) electrons. The van der Waals surface area contributed by atoms with E-state index in [0.717, 1.165) is 5.52 Å². The van der Waals surface area contributed by atoms with E-state index in [0.29, 0.717) is 17.9 Å². The van der Waals surface area contributed by atoms with Crippen molar-refractivity contribution in [2.45, 2.75) is 6.92 Å². The topological polar surface area (TPSA) is 78.8 Å². The summed E-state index contributed by atoms with van der Waals surface area (Å²) in [7, 11) is 0. The van der Waals surface area contributed by atoms with Crippen molar-refractivity contribution in [2.75, 3.05) is 6.61 Å². The van der Waals surface area contributed by atoms with Gasteiger partial charge in [0, 0.05) is 6.07 Å². The molecule has 0 aliphatic carbocycles. The lowest BCUT2D eigenvalue weighted by molar-refractivity contribution is 0.0983. The van der Waals surface area contributed by atoms with E-state index in [2.05, 4.69) is 9.97 Å². The number of amides is 1. The number of benzene rings is 1. The zero-order chi connectivity index (χ0) is 10.8. The molecule has 0 saturated carbocycles. The van der Waals surface area contributed by atoms with E-state index in [4.69, 9.17) is 10.5 Å². The fraction of sp³-hybridized carbons (Fsp3) is 0.200. The molecule has 0 spiro atoms. The maximum Gasteiger partial charge on any atom is 0.305 e. The average molecular weight is 204 g/mol. The Bertz CT molecular complexity index is 504. The highest BCUT2D eigenvalue weighted by Crippen LogP contribution is 2.18. The maximum atomic E-state index is 10.8. The second-order valence-corrected chi connectivity index (χ2v) is 3.03.